The van der Waals surface area contributed by atoms with Gasteiger partial charge in [0.15, 0.2) is 0 Å². The largest absolute Gasteiger partial charge is 0.329 e. The summed E-state index contributed by atoms with van der Waals surface area (Å²) in [5, 5.41) is 6.58. The van der Waals surface area contributed by atoms with Crippen LogP contribution in [0.4, 0.5) is 0 Å². The molecule has 0 bridgehead atoms. The first kappa shape index (κ1) is 14.2. The minimum atomic E-state index is 0.186. The summed E-state index contributed by atoms with van der Waals surface area (Å²) in [4.78, 5) is 6.57. The van der Waals surface area contributed by atoms with Crippen LogP contribution in [-0.2, 0) is 20.0 Å². The van der Waals surface area contributed by atoms with E-state index in [1.807, 2.05) is 17.2 Å². The van der Waals surface area contributed by atoms with Gasteiger partial charge in [-0.2, -0.15) is 5.10 Å². The van der Waals surface area contributed by atoms with Crippen molar-refractivity contribution in [2.75, 3.05) is 13.6 Å². The Bertz CT molecular complexity index is 505. The van der Waals surface area contributed by atoms with Gasteiger partial charge in [-0.15, -0.1) is 11.3 Å². The molecule has 6 heteroatoms. The van der Waals surface area contributed by atoms with E-state index in [4.69, 9.17) is 5.73 Å². The van der Waals surface area contributed by atoms with Gasteiger partial charge in [-0.05, 0) is 13.5 Å². The Kier molecular flexibility index (Phi) is 4.68. The van der Waals surface area contributed by atoms with Crippen LogP contribution >= 0.6 is 11.3 Å². The molecule has 2 N–H and O–H groups in total. The summed E-state index contributed by atoms with van der Waals surface area (Å²) in [5.41, 5.74) is 11.3. The minimum absolute atomic E-state index is 0.186. The molecule has 19 heavy (non-hydrogen) atoms. The Morgan fingerprint density at radius 3 is 2.89 bits per heavy atom. The van der Waals surface area contributed by atoms with Crippen LogP contribution in [0.2, 0.25) is 0 Å². The van der Waals surface area contributed by atoms with E-state index in [0.717, 1.165) is 24.4 Å². The zero-order valence-electron chi connectivity index (χ0n) is 11.7. The third-order valence-electron chi connectivity index (χ3n) is 3.28. The van der Waals surface area contributed by atoms with Gasteiger partial charge < -0.3 is 5.73 Å². The van der Waals surface area contributed by atoms with E-state index in [1.54, 1.807) is 11.3 Å². The first-order valence-corrected chi connectivity index (χ1v) is 7.39. The van der Waals surface area contributed by atoms with Gasteiger partial charge in [-0.25, -0.2) is 4.98 Å². The Balaban J connectivity index is 2.18. The molecule has 5 nitrogen and oxygen atoms in total. The second kappa shape index (κ2) is 6.27. The third-order valence-corrected chi connectivity index (χ3v) is 3.92. The zero-order chi connectivity index (χ0) is 13.8. The zero-order valence-corrected chi connectivity index (χ0v) is 12.5. The van der Waals surface area contributed by atoms with Crippen molar-refractivity contribution in [1.82, 2.24) is 19.7 Å². The van der Waals surface area contributed by atoms with Crippen LogP contribution in [-0.4, -0.2) is 33.3 Å². The van der Waals surface area contributed by atoms with Crippen LogP contribution in [0, 0.1) is 0 Å². The molecule has 2 rings (SSSR count). The topological polar surface area (TPSA) is 60.0 Å². The molecule has 0 aliphatic carbocycles. The monoisotopic (exact) mass is 279 g/mol. The summed E-state index contributed by atoms with van der Waals surface area (Å²) < 4.78 is 1.87. The normalized spacial score (nSPS) is 13.1. The smallest absolute Gasteiger partial charge is 0.0795 e. The van der Waals surface area contributed by atoms with E-state index in [2.05, 4.69) is 40.5 Å². The van der Waals surface area contributed by atoms with Gasteiger partial charge in [0.05, 0.1) is 22.9 Å². The van der Waals surface area contributed by atoms with Gasteiger partial charge in [-0.3, -0.25) is 9.58 Å². The highest BCUT2D eigenvalue weighted by molar-refractivity contribution is 7.07. The van der Waals surface area contributed by atoms with Crippen molar-refractivity contribution in [1.29, 1.82) is 0 Å². The van der Waals surface area contributed by atoms with E-state index < -0.39 is 0 Å². The number of aromatic nitrogens is 3. The van der Waals surface area contributed by atoms with Crippen molar-refractivity contribution in [3.8, 4) is 0 Å². The molecule has 0 saturated carbocycles. The molecule has 104 valence electrons. The molecule has 0 fully saturated rings. The molecule has 0 aliphatic rings. The predicted octanol–water partition coefficient (Wildman–Crippen LogP) is 1.57. The maximum Gasteiger partial charge on any atom is 0.0795 e. The summed E-state index contributed by atoms with van der Waals surface area (Å²) in [5.74, 6) is 0. The van der Waals surface area contributed by atoms with Crippen molar-refractivity contribution < 1.29 is 0 Å². The van der Waals surface area contributed by atoms with E-state index in [-0.39, 0.29) is 6.04 Å². The lowest BCUT2D eigenvalue weighted by atomic mass is 10.1. The van der Waals surface area contributed by atoms with Gasteiger partial charge in [0.2, 0.25) is 0 Å². The second-order valence-corrected chi connectivity index (χ2v) is 5.42. The lowest BCUT2D eigenvalue weighted by Gasteiger charge is -2.26. The molecule has 0 saturated heterocycles. The molecular weight excluding hydrogens is 258 g/mol. The van der Waals surface area contributed by atoms with Crippen molar-refractivity contribution in [2.45, 2.75) is 25.9 Å². The predicted molar refractivity (Wildman–Crippen MR) is 78.0 cm³/mol. The lowest BCUT2D eigenvalue weighted by Crippen LogP contribution is -2.30. The second-order valence-electron chi connectivity index (χ2n) is 4.70. The molecule has 0 radical (unpaired) electrons. The fourth-order valence-electron chi connectivity index (χ4n) is 2.33. The fourth-order valence-corrected chi connectivity index (χ4v) is 2.88. The van der Waals surface area contributed by atoms with Gasteiger partial charge in [0.1, 0.15) is 0 Å². The van der Waals surface area contributed by atoms with Crippen molar-refractivity contribution >= 4 is 11.3 Å². The average molecular weight is 279 g/mol. The number of nitrogens with zero attached hydrogens (tertiary/aromatic N) is 4. The number of aryl methyl sites for hydroxylation is 2. The van der Waals surface area contributed by atoms with Crippen LogP contribution in [0.25, 0.3) is 0 Å². The molecule has 0 amide bonds. The molecule has 0 spiro atoms. The van der Waals surface area contributed by atoms with Crippen molar-refractivity contribution in [3.05, 3.63) is 34.0 Å². The highest BCUT2D eigenvalue weighted by Gasteiger charge is 2.21. The average Bonchev–Trinajstić information content (AvgIpc) is 3.00. The van der Waals surface area contributed by atoms with Gasteiger partial charge in [-0.1, -0.05) is 6.92 Å². The molecule has 0 aromatic carbocycles. The van der Waals surface area contributed by atoms with Crippen LogP contribution in [0.1, 0.15) is 29.9 Å². The first-order chi connectivity index (χ1) is 9.15. The Morgan fingerprint density at radius 2 is 2.32 bits per heavy atom. The maximum absolute atomic E-state index is 5.97. The van der Waals surface area contributed by atoms with Gasteiger partial charge >= 0.3 is 0 Å². The number of nitrogens with two attached hydrogens (primary N) is 1. The summed E-state index contributed by atoms with van der Waals surface area (Å²) in [6, 6.07) is 0.186. The first-order valence-electron chi connectivity index (χ1n) is 6.45. The van der Waals surface area contributed by atoms with Crippen molar-refractivity contribution in [3.63, 3.8) is 0 Å². The number of thiazole rings is 1. The highest BCUT2D eigenvalue weighted by Crippen LogP contribution is 2.23. The third kappa shape index (κ3) is 3.20. The van der Waals surface area contributed by atoms with Crippen LogP contribution in [0.3, 0.4) is 0 Å². The van der Waals surface area contributed by atoms with Crippen molar-refractivity contribution in [2.24, 2.45) is 12.8 Å². The SMILES string of the molecule is CCc1nn(C)cc1C(CN)N(C)Cc1cscn1. The highest BCUT2D eigenvalue weighted by atomic mass is 32.1. The van der Waals surface area contributed by atoms with E-state index in [0.29, 0.717) is 6.54 Å². The molecule has 1 atom stereocenters. The van der Waals surface area contributed by atoms with Crippen LogP contribution in [0.5, 0.6) is 0 Å². The summed E-state index contributed by atoms with van der Waals surface area (Å²) >= 11 is 1.62. The van der Waals surface area contributed by atoms with Gasteiger partial charge in [0.25, 0.3) is 0 Å². The fraction of sp³-hybridized carbons (Fsp3) is 0.538. The van der Waals surface area contributed by atoms with Gasteiger partial charge in [0, 0.05) is 37.3 Å². The number of likely N-dealkylation sites (N-methyl/N-ethyl adjacent to an activating group) is 1. The molecule has 2 aromatic heterocycles. The molecular formula is C13H21N5S. The standard InChI is InChI=1S/C13H21N5S/c1-4-12-11(7-18(3)16-12)13(5-14)17(2)6-10-8-19-9-15-10/h7-9,13H,4-6,14H2,1-3H3. The summed E-state index contributed by atoms with van der Waals surface area (Å²) in [6.45, 7) is 3.52. The number of hydrogen-bond acceptors (Lipinski definition) is 5. The summed E-state index contributed by atoms with van der Waals surface area (Å²) in [7, 11) is 4.04. The number of hydrogen-bond donors (Lipinski definition) is 1. The Hall–Kier alpha value is -1.24. The lowest BCUT2D eigenvalue weighted by molar-refractivity contribution is 0.238. The molecule has 2 aromatic rings. The van der Waals surface area contributed by atoms with E-state index >= 15 is 0 Å². The Morgan fingerprint density at radius 1 is 1.53 bits per heavy atom. The van der Waals surface area contributed by atoms with E-state index in [9.17, 15) is 0 Å². The van der Waals surface area contributed by atoms with E-state index in [1.165, 1.54) is 5.56 Å². The van der Waals surface area contributed by atoms with Crippen LogP contribution < -0.4 is 5.73 Å². The number of rotatable bonds is 6. The quantitative estimate of drug-likeness (QED) is 0.872. The summed E-state index contributed by atoms with van der Waals surface area (Å²) in [6.07, 6.45) is 3.01. The molecule has 0 aliphatic heterocycles. The molecule has 2 heterocycles. The Labute approximate surface area is 118 Å². The minimum Gasteiger partial charge on any atom is -0.329 e. The maximum atomic E-state index is 5.97. The molecule has 1 unspecified atom stereocenters. The van der Waals surface area contributed by atoms with Crippen LogP contribution in [0.15, 0.2) is 17.1 Å².